The lowest BCUT2D eigenvalue weighted by Crippen LogP contribution is -2.66. The Hall–Kier alpha value is -3.03. The van der Waals surface area contributed by atoms with Crippen molar-refractivity contribution in [1.29, 1.82) is 0 Å². The number of allylic oxidation sites excluding steroid dienone is 13. The van der Waals surface area contributed by atoms with Crippen molar-refractivity contribution in [2.24, 2.45) is 0 Å². The van der Waals surface area contributed by atoms with Gasteiger partial charge in [-0.2, -0.15) is 0 Å². The highest BCUT2D eigenvalue weighted by molar-refractivity contribution is 5.76. The molecule has 19 heteroatoms. The molecule has 12 N–H and O–H groups in total. The molecule has 3 heterocycles. The first kappa shape index (κ1) is 100. The molecule has 109 heavy (non-hydrogen) atoms. The van der Waals surface area contributed by atoms with Gasteiger partial charge in [0, 0.05) is 6.42 Å². The molecule has 0 aromatic rings. The van der Waals surface area contributed by atoms with Gasteiger partial charge in [-0.3, -0.25) is 4.79 Å². The van der Waals surface area contributed by atoms with E-state index in [1.165, 1.54) is 238 Å². The van der Waals surface area contributed by atoms with Gasteiger partial charge in [-0.25, -0.2) is 0 Å². The number of unbranched alkanes of at least 4 members (excludes halogenated alkanes) is 43. The zero-order valence-corrected chi connectivity index (χ0v) is 68.3. The summed E-state index contributed by atoms with van der Waals surface area (Å²) in [4.78, 5) is 13.5. The fourth-order valence-corrected chi connectivity index (χ4v) is 14.7. The van der Waals surface area contributed by atoms with Crippen LogP contribution in [0, 0.1) is 0 Å². The Balaban J connectivity index is 1.32. The number of hydrogen-bond acceptors (Lipinski definition) is 18. The van der Waals surface area contributed by atoms with Gasteiger partial charge in [-0.15, -0.1) is 0 Å². The first-order chi connectivity index (χ1) is 53.3. The summed E-state index contributed by atoms with van der Waals surface area (Å²) in [5.74, 6) is -0.271. The summed E-state index contributed by atoms with van der Waals surface area (Å²) < 4.78 is 34.5. The Kier molecular flexibility index (Phi) is 63.7. The minimum Gasteiger partial charge on any atom is -0.394 e. The average molecular weight is 1550 g/mol. The number of hydrogen-bond donors (Lipinski definition) is 12. The van der Waals surface area contributed by atoms with Crippen molar-refractivity contribution in [2.75, 3.05) is 26.4 Å². The number of aliphatic hydroxyl groups is 11. The summed E-state index contributed by atoms with van der Waals surface area (Å²) in [6.45, 7) is 1.67. The van der Waals surface area contributed by atoms with E-state index in [-0.39, 0.29) is 18.9 Å². The molecule has 3 aliphatic heterocycles. The monoisotopic (exact) mass is 1540 g/mol. The first-order valence-electron chi connectivity index (χ1n) is 44.3. The summed E-state index contributed by atoms with van der Waals surface area (Å²) in [6, 6.07) is -0.977. The zero-order chi connectivity index (χ0) is 78.8. The summed E-state index contributed by atoms with van der Waals surface area (Å²) >= 11 is 0. The van der Waals surface area contributed by atoms with Gasteiger partial charge >= 0.3 is 0 Å². The van der Waals surface area contributed by atoms with Gasteiger partial charge in [0.05, 0.1) is 38.6 Å². The van der Waals surface area contributed by atoms with Crippen LogP contribution in [0.2, 0.25) is 0 Å². The third-order valence-corrected chi connectivity index (χ3v) is 21.7. The predicted molar refractivity (Wildman–Crippen MR) is 438 cm³/mol. The SMILES string of the molecule is CC/C=C\C/C=C\C/C=C\C/C=C\C/C=C\C/C=C\CCCCCCCCCCCCCCCCCCCCCCC(=O)NC(COC1OC(CO)C(OC2OC(CO)C(OC3OC(CO)C(O)C(O)C3O)C(O)C2O)C(O)C1O)C(O)/C=C/CCCCCCCCCCCCCCCCCCCCCCCCC. The quantitative estimate of drug-likeness (QED) is 0.0199. The van der Waals surface area contributed by atoms with Gasteiger partial charge in [0.2, 0.25) is 5.91 Å². The maximum atomic E-state index is 13.5. The molecule has 3 aliphatic rings. The predicted octanol–water partition coefficient (Wildman–Crippen LogP) is 16.5. The van der Waals surface area contributed by atoms with E-state index in [2.05, 4.69) is 92.1 Å². The molecule has 0 aromatic heterocycles. The second kappa shape index (κ2) is 69.3. The minimum atomic E-state index is -1.98. The molecule has 634 valence electrons. The van der Waals surface area contributed by atoms with Crippen molar-refractivity contribution < 1.29 is 89.4 Å². The Morgan fingerprint density at radius 1 is 0.339 bits per heavy atom. The lowest BCUT2D eigenvalue weighted by molar-refractivity contribution is -0.379. The van der Waals surface area contributed by atoms with E-state index in [4.69, 9.17) is 28.4 Å². The van der Waals surface area contributed by atoms with Gasteiger partial charge in [-0.05, 0) is 70.6 Å². The lowest BCUT2D eigenvalue weighted by Gasteiger charge is -2.48. The number of carbonyl (C=O) groups is 1. The van der Waals surface area contributed by atoms with Crippen LogP contribution in [0.5, 0.6) is 0 Å². The van der Waals surface area contributed by atoms with E-state index in [1.54, 1.807) is 6.08 Å². The number of carbonyl (C=O) groups excluding carboxylic acids is 1. The van der Waals surface area contributed by atoms with E-state index < -0.39 is 124 Å². The van der Waals surface area contributed by atoms with Crippen molar-refractivity contribution in [3.05, 3.63) is 85.1 Å². The molecule has 3 saturated heterocycles. The van der Waals surface area contributed by atoms with Crippen LogP contribution in [0.3, 0.4) is 0 Å². The van der Waals surface area contributed by atoms with Gasteiger partial charge < -0.3 is 89.9 Å². The van der Waals surface area contributed by atoms with Crippen LogP contribution in [0.15, 0.2) is 85.1 Å². The van der Waals surface area contributed by atoms with Crippen molar-refractivity contribution in [3.63, 3.8) is 0 Å². The van der Waals surface area contributed by atoms with Crippen molar-refractivity contribution >= 4 is 5.91 Å². The molecule has 0 aromatic carbocycles. The normalized spacial score (nSPS) is 25.7. The van der Waals surface area contributed by atoms with E-state index in [0.717, 1.165) is 83.5 Å². The van der Waals surface area contributed by atoms with Gasteiger partial charge in [0.1, 0.15) is 73.2 Å². The molecule has 17 unspecified atom stereocenters. The van der Waals surface area contributed by atoms with Gasteiger partial charge in [0.25, 0.3) is 0 Å². The van der Waals surface area contributed by atoms with Crippen molar-refractivity contribution in [1.82, 2.24) is 5.32 Å². The van der Waals surface area contributed by atoms with Gasteiger partial charge in [0.15, 0.2) is 18.9 Å². The number of nitrogens with one attached hydrogen (secondary N) is 1. The second-order valence-electron chi connectivity index (χ2n) is 31.3. The van der Waals surface area contributed by atoms with E-state index >= 15 is 0 Å². The third-order valence-electron chi connectivity index (χ3n) is 21.7. The van der Waals surface area contributed by atoms with Crippen LogP contribution < -0.4 is 5.32 Å². The maximum Gasteiger partial charge on any atom is 0.220 e. The van der Waals surface area contributed by atoms with Crippen LogP contribution in [0.1, 0.15) is 348 Å². The highest BCUT2D eigenvalue weighted by atomic mass is 16.8. The standard InChI is InChI=1S/C90H161NO18/c1-3-5-7-9-11-13-15-17-19-21-23-25-27-29-30-31-32-33-34-35-36-37-38-39-40-41-42-44-46-48-50-52-54-56-58-60-62-64-66-68-78(96)91-73(74(95)67-65-63-61-59-57-55-53-51-49-47-45-43-28-26-24-22-20-18-16-14-12-10-8-6-4-2)72-104-88-84(102)81(99)86(76(70-93)106-88)109-90-85(103)82(100)87(77(71-94)107-90)108-89-83(101)80(98)79(97)75(69-92)105-89/h5,7,11,13,17,19,23,25,29-30,32-33,65,67,73-77,79-90,92-95,97-103H,3-4,6,8-10,12,14-16,18,20-22,24,26-28,31,34-64,66,68-72H2,1-2H3,(H,91,96)/b7-5-,13-11-,19-17-,25-23-,30-29-,33-32-,67-65+. The molecular weight excluding hydrogens is 1380 g/mol. The van der Waals surface area contributed by atoms with Crippen molar-refractivity contribution in [3.8, 4) is 0 Å². The fraction of sp³-hybridized carbons (Fsp3) is 0.833. The summed E-state index contributed by atoms with van der Waals surface area (Å²) in [5, 5.41) is 121. The summed E-state index contributed by atoms with van der Waals surface area (Å²) in [7, 11) is 0. The average Bonchev–Trinajstić information content (AvgIpc) is 0.759. The Morgan fingerprint density at radius 3 is 0.991 bits per heavy atom. The zero-order valence-electron chi connectivity index (χ0n) is 68.3. The second-order valence-corrected chi connectivity index (χ2v) is 31.3. The number of ether oxygens (including phenoxy) is 6. The van der Waals surface area contributed by atoms with Crippen molar-refractivity contribution in [2.45, 2.75) is 452 Å². The highest BCUT2D eigenvalue weighted by Gasteiger charge is 2.54. The number of rotatable bonds is 71. The van der Waals surface area contributed by atoms with E-state index in [0.29, 0.717) is 6.42 Å². The smallest absolute Gasteiger partial charge is 0.220 e. The highest BCUT2D eigenvalue weighted by Crippen LogP contribution is 2.33. The summed E-state index contributed by atoms with van der Waals surface area (Å²) in [6.07, 6.45) is 67.2. The molecule has 3 fully saturated rings. The molecule has 17 atom stereocenters. The number of amides is 1. The fourth-order valence-electron chi connectivity index (χ4n) is 14.7. The summed E-state index contributed by atoms with van der Waals surface area (Å²) in [5.41, 5.74) is 0. The van der Waals surface area contributed by atoms with Crippen LogP contribution in [-0.2, 0) is 33.2 Å². The van der Waals surface area contributed by atoms with Crippen LogP contribution in [0.4, 0.5) is 0 Å². The Labute approximate surface area is 661 Å². The first-order valence-corrected chi connectivity index (χ1v) is 44.3. The molecular formula is C90H161NO18. The van der Waals surface area contributed by atoms with E-state index in [1.807, 2.05) is 6.08 Å². The molecule has 0 aliphatic carbocycles. The molecule has 3 rings (SSSR count). The molecule has 0 radical (unpaired) electrons. The molecule has 0 bridgehead atoms. The molecule has 19 nitrogen and oxygen atoms in total. The topological polar surface area (TPSA) is 307 Å². The van der Waals surface area contributed by atoms with Crippen LogP contribution >= 0.6 is 0 Å². The molecule has 1 amide bonds. The maximum absolute atomic E-state index is 13.5. The minimum absolute atomic E-state index is 0.244. The Morgan fingerprint density at radius 2 is 0.633 bits per heavy atom. The Bertz CT molecular complexity index is 2300. The number of aliphatic hydroxyl groups excluding tert-OH is 11. The van der Waals surface area contributed by atoms with E-state index in [9.17, 15) is 61.0 Å². The largest absolute Gasteiger partial charge is 0.394 e. The van der Waals surface area contributed by atoms with Crippen LogP contribution in [-0.4, -0.2) is 193 Å². The van der Waals surface area contributed by atoms with Gasteiger partial charge in [-0.1, -0.05) is 356 Å². The third kappa shape index (κ3) is 48.2. The van der Waals surface area contributed by atoms with Crippen LogP contribution in [0.25, 0.3) is 0 Å². The molecule has 0 spiro atoms. The molecule has 0 saturated carbocycles. The lowest BCUT2D eigenvalue weighted by atomic mass is 9.96.